The molecule has 1 atom stereocenters. The van der Waals surface area contributed by atoms with Crippen LogP contribution in [0.5, 0.6) is 0 Å². The maximum absolute atomic E-state index is 12.7. The summed E-state index contributed by atoms with van der Waals surface area (Å²) < 4.78 is 7.29. The Morgan fingerprint density at radius 2 is 1.91 bits per heavy atom. The fourth-order valence-electron chi connectivity index (χ4n) is 3.37. The average molecular weight is 313 g/mol. The number of carbonyl (C=O) groups is 2. The predicted molar refractivity (Wildman–Crippen MR) is 89.8 cm³/mol. The van der Waals surface area contributed by atoms with E-state index in [4.69, 9.17) is 4.74 Å². The molecule has 1 unspecified atom stereocenters. The highest BCUT2D eigenvalue weighted by Crippen LogP contribution is 2.35. The molecule has 1 aliphatic rings. The number of carbonyl (C=O) groups excluding carboxylic acids is 2. The summed E-state index contributed by atoms with van der Waals surface area (Å²) >= 11 is 0. The number of ether oxygens (including phenoxy) is 1. The number of hydrogen-bond donors (Lipinski definition) is 0. The van der Waals surface area contributed by atoms with Gasteiger partial charge >= 0.3 is 6.09 Å². The van der Waals surface area contributed by atoms with E-state index in [1.165, 1.54) is 0 Å². The molecule has 4 heteroatoms. The van der Waals surface area contributed by atoms with Crippen molar-refractivity contribution in [2.24, 2.45) is 5.92 Å². The highest BCUT2D eigenvalue weighted by molar-refractivity contribution is 5.94. The molecule has 4 nitrogen and oxygen atoms in total. The van der Waals surface area contributed by atoms with Crippen LogP contribution in [0.1, 0.15) is 45.4 Å². The van der Waals surface area contributed by atoms with Crippen molar-refractivity contribution in [1.82, 2.24) is 4.57 Å². The van der Waals surface area contributed by atoms with Crippen LogP contribution in [0.3, 0.4) is 0 Å². The van der Waals surface area contributed by atoms with Gasteiger partial charge in [-0.3, -0.25) is 4.79 Å². The zero-order valence-electron chi connectivity index (χ0n) is 14.2. The largest absolute Gasteiger partial charge is 0.443 e. The first-order valence-electron chi connectivity index (χ1n) is 8.13. The number of Topliss-reactive ketones (excluding diaryl/α,β-unsaturated/α-hetero) is 1. The van der Waals surface area contributed by atoms with Crippen LogP contribution in [0.4, 0.5) is 4.79 Å². The monoisotopic (exact) mass is 313 g/mol. The molecule has 2 aromatic rings. The van der Waals surface area contributed by atoms with Crippen molar-refractivity contribution < 1.29 is 14.3 Å². The van der Waals surface area contributed by atoms with Crippen molar-refractivity contribution in [3.8, 4) is 0 Å². The number of hydrogen-bond acceptors (Lipinski definition) is 3. The van der Waals surface area contributed by atoms with Crippen molar-refractivity contribution in [2.45, 2.75) is 52.6 Å². The average Bonchev–Trinajstić information content (AvgIpc) is 2.79. The second kappa shape index (κ2) is 5.52. The van der Waals surface area contributed by atoms with Crippen molar-refractivity contribution in [3.63, 3.8) is 0 Å². The summed E-state index contributed by atoms with van der Waals surface area (Å²) in [5.74, 6) is 0.283. The molecule has 3 rings (SSSR count). The Kier molecular flexibility index (Phi) is 3.78. The third-order valence-electron chi connectivity index (χ3n) is 4.42. The number of aromatic nitrogens is 1. The van der Waals surface area contributed by atoms with E-state index in [0.29, 0.717) is 6.42 Å². The Hall–Kier alpha value is -2.10. The highest BCUT2D eigenvalue weighted by Gasteiger charge is 2.30. The molecule has 122 valence electrons. The molecule has 0 amide bonds. The minimum absolute atomic E-state index is 0.0559. The van der Waals surface area contributed by atoms with Crippen LogP contribution in [0, 0.1) is 5.92 Å². The van der Waals surface area contributed by atoms with E-state index in [2.05, 4.69) is 0 Å². The summed E-state index contributed by atoms with van der Waals surface area (Å²) in [7, 11) is 0. The summed E-state index contributed by atoms with van der Waals surface area (Å²) in [6, 6.07) is 7.87. The first-order chi connectivity index (χ1) is 10.8. The zero-order valence-corrected chi connectivity index (χ0v) is 14.2. The van der Waals surface area contributed by atoms with Crippen LogP contribution in [0.2, 0.25) is 0 Å². The Morgan fingerprint density at radius 1 is 1.22 bits per heavy atom. The van der Waals surface area contributed by atoms with Gasteiger partial charge in [0.25, 0.3) is 0 Å². The standard InChI is InChI=1S/C19H23NO3/c1-12(21)13-9-10-17-15(11-13)14-7-5-6-8-16(14)20(17)18(22)23-19(2,3)4/h5-8,13H,9-11H2,1-4H3. The molecule has 0 radical (unpaired) electrons. The number of para-hydroxylation sites is 1. The third kappa shape index (κ3) is 2.90. The first kappa shape index (κ1) is 15.8. The highest BCUT2D eigenvalue weighted by atomic mass is 16.6. The molecule has 0 aliphatic heterocycles. The maximum Gasteiger partial charge on any atom is 0.419 e. The molecule has 0 saturated heterocycles. The van der Waals surface area contributed by atoms with Crippen LogP contribution >= 0.6 is 0 Å². The van der Waals surface area contributed by atoms with Crippen molar-refractivity contribution in [3.05, 3.63) is 35.5 Å². The SMILES string of the molecule is CC(=O)C1CCc2c(c3ccccc3n2C(=O)OC(C)(C)C)C1. The van der Waals surface area contributed by atoms with E-state index in [1.54, 1.807) is 11.5 Å². The molecule has 1 heterocycles. The van der Waals surface area contributed by atoms with Gasteiger partial charge in [-0.05, 0) is 58.6 Å². The van der Waals surface area contributed by atoms with Gasteiger partial charge in [0, 0.05) is 17.0 Å². The molecule has 0 bridgehead atoms. The van der Waals surface area contributed by atoms with Gasteiger partial charge in [0.1, 0.15) is 11.4 Å². The third-order valence-corrected chi connectivity index (χ3v) is 4.42. The van der Waals surface area contributed by atoms with Crippen LogP contribution in [0.15, 0.2) is 24.3 Å². The second-order valence-corrected chi connectivity index (χ2v) is 7.31. The Bertz CT molecular complexity index is 780. The quantitative estimate of drug-likeness (QED) is 0.795. The van der Waals surface area contributed by atoms with Crippen molar-refractivity contribution >= 4 is 22.8 Å². The second-order valence-electron chi connectivity index (χ2n) is 7.31. The van der Waals surface area contributed by atoms with E-state index in [0.717, 1.165) is 35.0 Å². The fourth-order valence-corrected chi connectivity index (χ4v) is 3.37. The van der Waals surface area contributed by atoms with Gasteiger partial charge in [0.05, 0.1) is 5.52 Å². The normalized spacial score (nSPS) is 17.8. The Balaban J connectivity index is 2.13. The summed E-state index contributed by atoms with van der Waals surface area (Å²) in [6.07, 6.45) is 1.90. The fraction of sp³-hybridized carbons (Fsp3) is 0.474. The van der Waals surface area contributed by atoms with E-state index in [-0.39, 0.29) is 17.8 Å². The lowest BCUT2D eigenvalue weighted by molar-refractivity contribution is -0.121. The molecule has 0 fully saturated rings. The maximum atomic E-state index is 12.7. The molecule has 0 saturated carbocycles. The van der Waals surface area contributed by atoms with Crippen molar-refractivity contribution in [2.75, 3.05) is 0 Å². The molecule has 1 aromatic heterocycles. The summed E-state index contributed by atoms with van der Waals surface area (Å²) in [6.45, 7) is 7.27. The van der Waals surface area contributed by atoms with Crippen LogP contribution in [0.25, 0.3) is 10.9 Å². The smallest absolute Gasteiger partial charge is 0.419 e. The van der Waals surface area contributed by atoms with Gasteiger partial charge < -0.3 is 4.74 Å². The predicted octanol–water partition coefficient (Wildman–Crippen LogP) is 4.12. The Morgan fingerprint density at radius 3 is 2.57 bits per heavy atom. The number of nitrogens with zero attached hydrogens (tertiary/aromatic N) is 1. The lowest BCUT2D eigenvalue weighted by Gasteiger charge is -2.24. The molecule has 0 N–H and O–H groups in total. The molecule has 1 aliphatic carbocycles. The van der Waals surface area contributed by atoms with Gasteiger partial charge in [-0.2, -0.15) is 0 Å². The van der Waals surface area contributed by atoms with Crippen LogP contribution in [-0.2, 0) is 22.4 Å². The molecular formula is C19H23NO3. The number of ketones is 1. The summed E-state index contributed by atoms with van der Waals surface area (Å²) in [5.41, 5.74) is 2.46. The minimum Gasteiger partial charge on any atom is -0.443 e. The van der Waals surface area contributed by atoms with Gasteiger partial charge in [-0.25, -0.2) is 9.36 Å². The van der Waals surface area contributed by atoms with Crippen molar-refractivity contribution in [1.29, 1.82) is 0 Å². The van der Waals surface area contributed by atoms with Crippen LogP contribution < -0.4 is 0 Å². The van der Waals surface area contributed by atoms with Gasteiger partial charge in [-0.15, -0.1) is 0 Å². The number of benzene rings is 1. The Labute approximate surface area is 136 Å². The van der Waals surface area contributed by atoms with Gasteiger partial charge in [0.15, 0.2) is 0 Å². The summed E-state index contributed by atoms with van der Waals surface area (Å²) in [5, 5.41) is 1.05. The van der Waals surface area contributed by atoms with Gasteiger partial charge in [0.2, 0.25) is 0 Å². The zero-order chi connectivity index (χ0) is 16.8. The molecular weight excluding hydrogens is 290 g/mol. The first-order valence-corrected chi connectivity index (χ1v) is 8.13. The minimum atomic E-state index is -0.536. The number of fused-ring (bicyclic) bond motifs is 3. The van der Waals surface area contributed by atoms with E-state index >= 15 is 0 Å². The van der Waals surface area contributed by atoms with Crippen LogP contribution in [-0.4, -0.2) is 22.0 Å². The molecule has 0 spiro atoms. The topological polar surface area (TPSA) is 48.3 Å². The van der Waals surface area contributed by atoms with Gasteiger partial charge in [-0.1, -0.05) is 18.2 Å². The van der Waals surface area contributed by atoms with E-state index in [9.17, 15) is 9.59 Å². The number of rotatable bonds is 1. The lowest BCUT2D eigenvalue weighted by Crippen LogP contribution is -2.29. The molecule has 1 aromatic carbocycles. The van der Waals surface area contributed by atoms with E-state index in [1.807, 2.05) is 45.0 Å². The summed E-state index contributed by atoms with van der Waals surface area (Å²) in [4.78, 5) is 24.5. The molecule has 23 heavy (non-hydrogen) atoms. The lowest BCUT2D eigenvalue weighted by atomic mass is 9.84. The van der Waals surface area contributed by atoms with E-state index < -0.39 is 5.60 Å².